The van der Waals surface area contributed by atoms with Gasteiger partial charge in [-0.3, -0.25) is 9.59 Å². The molecule has 2 aromatic rings. The Morgan fingerprint density at radius 1 is 1.17 bits per heavy atom. The summed E-state index contributed by atoms with van der Waals surface area (Å²) < 4.78 is 6.27. The second-order valence-corrected chi connectivity index (χ2v) is 8.66. The van der Waals surface area contributed by atoms with Gasteiger partial charge in [0.1, 0.15) is 11.8 Å². The van der Waals surface area contributed by atoms with E-state index in [1.54, 1.807) is 43.3 Å². The van der Waals surface area contributed by atoms with Gasteiger partial charge in [-0.25, -0.2) is 0 Å². The van der Waals surface area contributed by atoms with Gasteiger partial charge < -0.3 is 15.0 Å². The van der Waals surface area contributed by atoms with Gasteiger partial charge in [-0.1, -0.05) is 47.8 Å². The molecule has 0 aliphatic heterocycles. The van der Waals surface area contributed by atoms with Crippen molar-refractivity contribution in [1.82, 2.24) is 10.2 Å². The molecule has 5 nitrogen and oxygen atoms in total. The number of nitrogens with zero attached hydrogens (tertiary/aromatic N) is 1. The van der Waals surface area contributed by atoms with Crippen LogP contribution < -0.4 is 10.1 Å². The zero-order valence-corrected chi connectivity index (χ0v) is 20.4. The van der Waals surface area contributed by atoms with Crippen molar-refractivity contribution in [2.24, 2.45) is 0 Å². The monoisotopic (exact) mass is 534 g/mol. The third kappa shape index (κ3) is 6.77. The fourth-order valence-corrected chi connectivity index (χ4v) is 3.96. The smallest absolute Gasteiger partial charge is 0.261 e. The van der Waals surface area contributed by atoms with Crippen molar-refractivity contribution in [3.05, 3.63) is 61.5 Å². The molecule has 1 unspecified atom stereocenters. The largest absolute Gasteiger partial charge is 0.483 e. The molecule has 2 amide bonds. The van der Waals surface area contributed by atoms with Crippen molar-refractivity contribution < 1.29 is 14.3 Å². The average Bonchev–Trinajstić information content (AvgIpc) is 2.70. The highest BCUT2D eigenvalue weighted by atomic mass is 79.9. The van der Waals surface area contributed by atoms with Crippen molar-refractivity contribution in [2.75, 3.05) is 13.2 Å². The molecule has 1 N–H and O–H groups in total. The molecule has 1 atom stereocenters. The van der Waals surface area contributed by atoms with Crippen LogP contribution in [0.5, 0.6) is 5.75 Å². The Morgan fingerprint density at radius 3 is 2.43 bits per heavy atom. The summed E-state index contributed by atoms with van der Waals surface area (Å²) in [4.78, 5) is 27.0. The lowest BCUT2D eigenvalue weighted by molar-refractivity contribution is -0.142. The van der Waals surface area contributed by atoms with Crippen molar-refractivity contribution in [3.63, 3.8) is 0 Å². The van der Waals surface area contributed by atoms with Gasteiger partial charge in [-0.15, -0.1) is 0 Å². The molecule has 0 aliphatic rings. The number of hydrogen-bond acceptors (Lipinski definition) is 3. The minimum absolute atomic E-state index is 0.0726. The molecule has 0 saturated carbocycles. The maximum Gasteiger partial charge on any atom is 0.261 e. The molecule has 0 heterocycles. The second kappa shape index (κ2) is 11.8. The summed E-state index contributed by atoms with van der Waals surface area (Å²) >= 11 is 21.9. The Morgan fingerprint density at radius 2 is 1.83 bits per heavy atom. The lowest BCUT2D eigenvalue weighted by Gasteiger charge is -2.29. The maximum atomic E-state index is 13.0. The summed E-state index contributed by atoms with van der Waals surface area (Å²) in [6.45, 7) is 3.93. The fourth-order valence-electron chi connectivity index (χ4n) is 2.65. The molecule has 0 aliphatic carbocycles. The number of halogens is 4. The first kappa shape index (κ1) is 24.8. The number of rotatable bonds is 9. The van der Waals surface area contributed by atoms with Gasteiger partial charge in [0.05, 0.1) is 4.47 Å². The molecular formula is C21H22BrCl3N2O3. The van der Waals surface area contributed by atoms with Crippen LogP contribution in [0.2, 0.25) is 15.1 Å². The summed E-state index contributed by atoms with van der Waals surface area (Å²) in [6.07, 6.45) is 0.788. The highest BCUT2D eigenvalue weighted by Crippen LogP contribution is 2.29. The molecule has 0 bridgehead atoms. The van der Waals surface area contributed by atoms with E-state index in [9.17, 15) is 9.59 Å². The minimum atomic E-state index is -0.742. The van der Waals surface area contributed by atoms with Gasteiger partial charge in [-0.05, 0) is 59.6 Å². The van der Waals surface area contributed by atoms with E-state index in [-0.39, 0.29) is 25.0 Å². The van der Waals surface area contributed by atoms with Gasteiger partial charge in [0, 0.05) is 33.7 Å². The lowest BCUT2D eigenvalue weighted by Crippen LogP contribution is -2.49. The highest BCUT2D eigenvalue weighted by molar-refractivity contribution is 9.10. The molecule has 0 radical (unpaired) electrons. The number of benzene rings is 2. The molecular weight excluding hydrogens is 515 g/mol. The number of nitrogens with one attached hydrogen (secondary N) is 1. The predicted molar refractivity (Wildman–Crippen MR) is 124 cm³/mol. The lowest BCUT2D eigenvalue weighted by atomic mass is 10.1. The average molecular weight is 537 g/mol. The van der Waals surface area contributed by atoms with Crippen LogP contribution in [0.3, 0.4) is 0 Å². The van der Waals surface area contributed by atoms with Gasteiger partial charge in [-0.2, -0.15) is 0 Å². The molecule has 9 heteroatoms. The molecule has 0 saturated heterocycles. The van der Waals surface area contributed by atoms with Crippen molar-refractivity contribution in [1.29, 1.82) is 0 Å². The number of carbonyl (C=O) groups excluding carboxylic acids is 2. The second-order valence-electron chi connectivity index (χ2n) is 6.55. The van der Waals surface area contributed by atoms with Crippen LogP contribution in [0.1, 0.15) is 25.8 Å². The van der Waals surface area contributed by atoms with Gasteiger partial charge in [0.15, 0.2) is 6.61 Å². The summed E-state index contributed by atoms with van der Waals surface area (Å²) in [5.74, 6) is -0.181. The molecule has 0 fully saturated rings. The standard InChI is InChI=1S/C21H22BrCl3N2O3/c1-3-9-26-21(29)13(2)27(11-15-17(24)5-4-6-18(15)25)20(28)12-30-19-8-7-14(23)10-16(19)22/h4-8,10,13H,3,9,11-12H2,1-2H3,(H,26,29). The van der Waals surface area contributed by atoms with E-state index in [2.05, 4.69) is 21.2 Å². The number of amides is 2. The Hall–Kier alpha value is -1.47. The van der Waals surface area contributed by atoms with E-state index in [1.807, 2.05) is 6.92 Å². The summed E-state index contributed by atoms with van der Waals surface area (Å²) in [6, 6.07) is 9.35. The first-order chi connectivity index (χ1) is 14.2. The normalized spacial score (nSPS) is 11.7. The van der Waals surface area contributed by atoms with Crippen LogP contribution in [0, 0.1) is 0 Å². The van der Waals surface area contributed by atoms with E-state index in [4.69, 9.17) is 39.5 Å². The van der Waals surface area contributed by atoms with Crippen LogP contribution in [0.15, 0.2) is 40.9 Å². The molecule has 2 rings (SSSR count). The molecule has 2 aromatic carbocycles. The van der Waals surface area contributed by atoms with Crippen LogP contribution in [-0.4, -0.2) is 35.9 Å². The maximum absolute atomic E-state index is 13.0. The number of ether oxygens (including phenoxy) is 1. The fraction of sp³-hybridized carbons (Fsp3) is 0.333. The third-order valence-electron chi connectivity index (χ3n) is 4.35. The molecule has 30 heavy (non-hydrogen) atoms. The minimum Gasteiger partial charge on any atom is -0.483 e. The summed E-state index contributed by atoms with van der Waals surface area (Å²) in [5.41, 5.74) is 0.567. The molecule has 0 spiro atoms. The predicted octanol–water partition coefficient (Wildman–Crippen LogP) is 5.73. The van der Waals surface area contributed by atoms with E-state index < -0.39 is 6.04 Å². The van der Waals surface area contributed by atoms with Crippen LogP contribution in [-0.2, 0) is 16.1 Å². The van der Waals surface area contributed by atoms with E-state index in [0.717, 1.165) is 6.42 Å². The Bertz CT molecular complexity index is 891. The summed E-state index contributed by atoms with van der Waals surface area (Å²) in [5, 5.41) is 4.19. The van der Waals surface area contributed by atoms with Crippen molar-refractivity contribution in [3.8, 4) is 5.75 Å². The Labute approximate surface area is 199 Å². The van der Waals surface area contributed by atoms with Crippen LogP contribution >= 0.6 is 50.7 Å². The van der Waals surface area contributed by atoms with Crippen LogP contribution in [0.25, 0.3) is 0 Å². The Kier molecular flexibility index (Phi) is 9.75. The van der Waals surface area contributed by atoms with E-state index >= 15 is 0 Å². The third-order valence-corrected chi connectivity index (χ3v) is 5.91. The number of carbonyl (C=O) groups is 2. The summed E-state index contributed by atoms with van der Waals surface area (Å²) in [7, 11) is 0. The van der Waals surface area contributed by atoms with Crippen LogP contribution in [0.4, 0.5) is 0 Å². The Balaban J connectivity index is 2.22. The quantitative estimate of drug-likeness (QED) is 0.445. The first-order valence-electron chi connectivity index (χ1n) is 9.32. The van der Waals surface area contributed by atoms with E-state index in [0.29, 0.717) is 37.4 Å². The van der Waals surface area contributed by atoms with Crippen molar-refractivity contribution >= 4 is 62.5 Å². The SMILES string of the molecule is CCCNC(=O)C(C)N(Cc1c(Cl)cccc1Cl)C(=O)COc1ccc(Cl)cc1Br. The zero-order chi connectivity index (χ0) is 22.3. The van der Waals surface area contributed by atoms with Gasteiger partial charge in [0.2, 0.25) is 5.91 Å². The van der Waals surface area contributed by atoms with E-state index in [1.165, 1.54) is 4.90 Å². The van der Waals surface area contributed by atoms with Crippen molar-refractivity contribution in [2.45, 2.75) is 32.9 Å². The topological polar surface area (TPSA) is 58.6 Å². The zero-order valence-electron chi connectivity index (χ0n) is 16.6. The molecule has 162 valence electrons. The van der Waals surface area contributed by atoms with Gasteiger partial charge in [0.25, 0.3) is 5.91 Å². The molecule has 0 aromatic heterocycles. The van der Waals surface area contributed by atoms with Gasteiger partial charge >= 0.3 is 0 Å². The number of hydrogen-bond donors (Lipinski definition) is 1. The first-order valence-corrected chi connectivity index (χ1v) is 11.2. The highest BCUT2D eigenvalue weighted by Gasteiger charge is 2.27.